The molecular weight excluding hydrogens is 352 g/mol. The minimum atomic E-state index is -1.28. The van der Waals surface area contributed by atoms with Gasteiger partial charge in [0.2, 0.25) is 0 Å². The first-order valence-electron chi connectivity index (χ1n) is 7.79. The van der Waals surface area contributed by atoms with Gasteiger partial charge in [-0.3, -0.25) is 4.79 Å². The molecule has 1 saturated heterocycles. The first kappa shape index (κ1) is 17.8. The third-order valence-electron chi connectivity index (χ3n) is 3.52. The zero-order valence-corrected chi connectivity index (χ0v) is 14.7. The minimum Gasteiger partial charge on any atom is -0.546 e. The van der Waals surface area contributed by atoms with Crippen molar-refractivity contribution in [1.29, 1.82) is 0 Å². The molecule has 0 aliphatic carbocycles. The first-order chi connectivity index (χ1) is 12.5. The van der Waals surface area contributed by atoms with Crippen molar-refractivity contribution in [3.63, 3.8) is 0 Å². The predicted molar refractivity (Wildman–Crippen MR) is 98.9 cm³/mol. The Labute approximate surface area is 154 Å². The Bertz CT molecular complexity index is 904. The number of carbonyl (C=O) groups excluding carboxylic acids is 2. The molecule has 7 heteroatoms. The molecule has 1 N–H and O–H groups in total. The third kappa shape index (κ3) is 4.52. The van der Waals surface area contributed by atoms with E-state index in [0.717, 1.165) is 16.8 Å². The van der Waals surface area contributed by atoms with E-state index in [2.05, 4.69) is 10.3 Å². The van der Waals surface area contributed by atoms with Crippen LogP contribution in [0, 0.1) is 6.92 Å². The number of nitrogens with zero attached hydrogens (tertiary/aromatic N) is 1. The van der Waals surface area contributed by atoms with Crippen LogP contribution in [0.4, 0.5) is 5.69 Å². The topological polar surface area (TPSA) is 90.8 Å². The molecule has 1 fully saturated rings. The number of carbonyl (C=O) groups is 2. The molecule has 0 radical (unpaired) electrons. The zero-order chi connectivity index (χ0) is 18.5. The number of carboxylic acids is 1. The Kier molecular flexibility index (Phi) is 5.38. The summed E-state index contributed by atoms with van der Waals surface area (Å²) in [5.74, 6) is -1.07. The highest BCUT2D eigenvalue weighted by atomic mass is 32.2. The predicted octanol–water partition coefficient (Wildman–Crippen LogP) is 2.02. The largest absolute Gasteiger partial charge is 0.546 e. The standard InChI is InChI=1S/C19H16N2O4S/c1-12-4-2-3-5-15(12)20-19-21-18(24)16(26-19)10-13-6-8-14(9-7-13)25-11-17(22)23/h2-10H,11H2,1H3,(H,22,23)(H,20,21,24)/p-1/b16-10+. The summed E-state index contributed by atoms with van der Waals surface area (Å²) in [6.07, 6.45) is 1.74. The quantitative estimate of drug-likeness (QED) is 0.817. The van der Waals surface area contributed by atoms with Gasteiger partial charge in [-0.05, 0) is 54.1 Å². The summed E-state index contributed by atoms with van der Waals surface area (Å²) in [5, 5.41) is 13.7. The molecule has 2 aromatic rings. The molecule has 1 heterocycles. The van der Waals surface area contributed by atoms with E-state index in [-0.39, 0.29) is 5.91 Å². The number of amides is 1. The molecule has 1 amide bonds. The van der Waals surface area contributed by atoms with Crippen LogP contribution in [0.3, 0.4) is 0 Å². The summed E-state index contributed by atoms with van der Waals surface area (Å²) in [6.45, 7) is 1.46. The molecule has 0 bridgehead atoms. The average molecular weight is 367 g/mol. The maximum atomic E-state index is 12.1. The zero-order valence-electron chi connectivity index (χ0n) is 13.9. The Morgan fingerprint density at radius 2 is 1.96 bits per heavy atom. The Morgan fingerprint density at radius 3 is 2.65 bits per heavy atom. The van der Waals surface area contributed by atoms with Gasteiger partial charge in [0.15, 0.2) is 5.17 Å². The molecule has 2 aromatic carbocycles. The summed E-state index contributed by atoms with van der Waals surface area (Å²) in [4.78, 5) is 27.5. The Morgan fingerprint density at radius 1 is 1.23 bits per heavy atom. The number of aryl methyl sites for hydroxylation is 1. The number of amidine groups is 1. The monoisotopic (exact) mass is 367 g/mol. The highest BCUT2D eigenvalue weighted by Gasteiger charge is 2.23. The normalized spacial score (nSPS) is 16.7. The lowest BCUT2D eigenvalue weighted by molar-refractivity contribution is -0.307. The number of aliphatic carboxylic acids is 1. The molecule has 0 unspecified atom stereocenters. The number of aliphatic imine (C=N–C) groups is 1. The average Bonchev–Trinajstić information content (AvgIpc) is 2.95. The lowest BCUT2D eigenvalue weighted by Crippen LogP contribution is -2.28. The van der Waals surface area contributed by atoms with E-state index in [0.29, 0.717) is 15.8 Å². The molecule has 0 spiro atoms. The smallest absolute Gasteiger partial charge is 0.264 e. The summed E-state index contributed by atoms with van der Waals surface area (Å²) >= 11 is 1.27. The number of nitrogens with one attached hydrogen (secondary N) is 1. The number of thioether (sulfide) groups is 1. The number of ether oxygens (including phenoxy) is 1. The van der Waals surface area contributed by atoms with Gasteiger partial charge in [-0.1, -0.05) is 30.3 Å². The second-order valence-electron chi connectivity index (χ2n) is 5.50. The van der Waals surface area contributed by atoms with E-state index >= 15 is 0 Å². The van der Waals surface area contributed by atoms with E-state index < -0.39 is 12.6 Å². The highest BCUT2D eigenvalue weighted by molar-refractivity contribution is 8.18. The maximum absolute atomic E-state index is 12.1. The van der Waals surface area contributed by atoms with Crippen LogP contribution in [0.1, 0.15) is 11.1 Å². The van der Waals surface area contributed by atoms with Gasteiger partial charge in [0.05, 0.1) is 16.6 Å². The number of para-hydroxylation sites is 1. The van der Waals surface area contributed by atoms with Crippen LogP contribution in [0.15, 0.2) is 58.4 Å². The van der Waals surface area contributed by atoms with Gasteiger partial charge >= 0.3 is 0 Å². The Hall–Kier alpha value is -3.06. The highest BCUT2D eigenvalue weighted by Crippen LogP contribution is 2.29. The summed E-state index contributed by atoms with van der Waals surface area (Å²) in [7, 11) is 0. The summed E-state index contributed by atoms with van der Waals surface area (Å²) < 4.78 is 5.02. The van der Waals surface area contributed by atoms with Crippen LogP contribution in [0.5, 0.6) is 5.75 Å². The number of rotatable bonds is 5. The lowest BCUT2D eigenvalue weighted by atomic mass is 10.2. The van der Waals surface area contributed by atoms with Gasteiger partial charge in [0, 0.05) is 0 Å². The molecule has 0 atom stereocenters. The number of hydrogen-bond donors (Lipinski definition) is 1. The summed E-state index contributed by atoms with van der Waals surface area (Å²) in [6, 6.07) is 14.4. The van der Waals surface area contributed by atoms with Gasteiger partial charge in [-0.25, -0.2) is 4.99 Å². The van der Waals surface area contributed by atoms with Crippen LogP contribution in [-0.4, -0.2) is 23.7 Å². The van der Waals surface area contributed by atoms with Crippen molar-refractivity contribution in [2.75, 3.05) is 6.61 Å². The summed E-state index contributed by atoms with van der Waals surface area (Å²) in [5.41, 5.74) is 2.63. The van der Waals surface area contributed by atoms with Gasteiger partial charge in [-0.2, -0.15) is 0 Å². The van der Waals surface area contributed by atoms with E-state index in [1.807, 2.05) is 31.2 Å². The molecule has 26 heavy (non-hydrogen) atoms. The van der Waals surface area contributed by atoms with E-state index in [1.54, 1.807) is 30.3 Å². The first-order valence-corrected chi connectivity index (χ1v) is 8.61. The number of hydrogen-bond acceptors (Lipinski definition) is 6. The molecule has 6 nitrogen and oxygen atoms in total. The fourth-order valence-electron chi connectivity index (χ4n) is 2.23. The van der Waals surface area contributed by atoms with Crippen molar-refractivity contribution < 1.29 is 19.4 Å². The molecular formula is C19H15N2O4S-. The fraction of sp³-hybridized carbons (Fsp3) is 0.105. The second-order valence-corrected chi connectivity index (χ2v) is 6.53. The van der Waals surface area contributed by atoms with Crippen LogP contribution in [0.2, 0.25) is 0 Å². The fourth-order valence-corrected chi connectivity index (χ4v) is 3.07. The maximum Gasteiger partial charge on any atom is 0.264 e. The van der Waals surface area contributed by atoms with Gasteiger partial charge in [0.1, 0.15) is 12.4 Å². The van der Waals surface area contributed by atoms with Crippen LogP contribution in [0.25, 0.3) is 6.08 Å². The number of carboxylic acid groups (broad SMARTS) is 1. The van der Waals surface area contributed by atoms with E-state index in [4.69, 9.17) is 4.74 Å². The molecule has 1 aliphatic heterocycles. The molecule has 3 rings (SSSR count). The Balaban J connectivity index is 1.72. The molecule has 0 aromatic heterocycles. The van der Waals surface area contributed by atoms with Crippen molar-refractivity contribution in [2.45, 2.75) is 6.92 Å². The molecule has 0 saturated carbocycles. The number of benzene rings is 2. The molecule has 1 aliphatic rings. The van der Waals surface area contributed by atoms with Crippen LogP contribution < -0.4 is 15.2 Å². The molecule has 132 valence electrons. The van der Waals surface area contributed by atoms with Crippen molar-refractivity contribution in [1.82, 2.24) is 5.32 Å². The second kappa shape index (κ2) is 7.88. The lowest BCUT2D eigenvalue weighted by Gasteiger charge is -2.06. The van der Waals surface area contributed by atoms with Crippen molar-refractivity contribution in [3.05, 3.63) is 64.6 Å². The SMILES string of the molecule is Cc1ccccc1N=C1NC(=O)/C(=C\c2ccc(OCC(=O)[O-])cc2)S1. The van der Waals surface area contributed by atoms with Crippen LogP contribution in [-0.2, 0) is 9.59 Å². The van der Waals surface area contributed by atoms with E-state index in [1.165, 1.54) is 11.8 Å². The van der Waals surface area contributed by atoms with Crippen LogP contribution >= 0.6 is 11.8 Å². The minimum absolute atomic E-state index is 0.209. The van der Waals surface area contributed by atoms with Crippen molar-refractivity contribution in [3.8, 4) is 5.75 Å². The third-order valence-corrected chi connectivity index (χ3v) is 4.43. The van der Waals surface area contributed by atoms with Crippen molar-refractivity contribution in [2.24, 2.45) is 4.99 Å². The van der Waals surface area contributed by atoms with Crippen molar-refractivity contribution >= 4 is 40.6 Å². The van der Waals surface area contributed by atoms with Gasteiger partial charge < -0.3 is 20.0 Å². The van der Waals surface area contributed by atoms with E-state index in [9.17, 15) is 14.7 Å². The van der Waals surface area contributed by atoms with Gasteiger partial charge in [-0.15, -0.1) is 0 Å². The van der Waals surface area contributed by atoms with Gasteiger partial charge in [0.25, 0.3) is 5.91 Å².